The second-order valence-corrected chi connectivity index (χ2v) is 11.7. The third-order valence-electron chi connectivity index (χ3n) is 9.28. The lowest BCUT2D eigenvalue weighted by Gasteiger charge is -2.47. The number of fused-ring (bicyclic) bond motifs is 6. The number of rotatable bonds is 1. The Balaban J connectivity index is 1.72. The van der Waals surface area contributed by atoms with Crippen molar-refractivity contribution < 1.29 is 33.9 Å². The Morgan fingerprint density at radius 2 is 1.57 bits per heavy atom. The van der Waals surface area contributed by atoms with Gasteiger partial charge in [-0.2, -0.15) is 0 Å². The van der Waals surface area contributed by atoms with Crippen molar-refractivity contribution in [1.82, 2.24) is 0 Å². The minimum absolute atomic E-state index is 0.00399. The summed E-state index contributed by atoms with van der Waals surface area (Å²) in [7, 11) is 1.28. The van der Waals surface area contributed by atoms with Gasteiger partial charge in [0.05, 0.1) is 63.9 Å². The van der Waals surface area contributed by atoms with Crippen LogP contribution < -0.4 is 36.9 Å². The Labute approximate surface area is 235 Å². The first-order valence-corrected chi connectivity index (χ1v) is 13.8. The van der Waals surface area contributed by atoms with E-state index in [9.17, 15) is 34.5 Å². The molecule has 7 rings (SSSR count). The molecule has 42 heavy (non-hydrogen) atoms. The van der Waals surface area contributed by atoms with Gasteiger partial charge >= 0.3 is 0 Å². The van der Waals surface area contributed by atoms with Gasteiger partial charge < -0.3 is 33.9 Å². The molecule has 0 unspecified atom stereocenters. The second-order valence-electron chi connectivity index (χ2n) is 11.7. The van der Waals surface area contributed by atoms with Crippen molar-refractivity contribution >= 4 is 33.5 Å². The second kappa shape index (κ2) is 8.50. The number of furan rings is 1. The van der Waals surface area contributed by atoms with E-state index in [2.05, 4.69) is 0 Å². The van der Waals surface area contributed by atoms with Crippen molar-refractivity contribution in [3.63, 3.8) is 0 Å². The molecule has 1 saturated heterocycles. The molecular formula is C31H28O11. The molecule has 3 N–H and O–H groups in total. The van der Waals surface area contributed by atoms with Crippen LogP contribution in [0, 0.1) is 16.4 Å². The average molecular weight is 577 g/mol. The average Bonchev–Trinajstić information content (AvgIpc) is 3.32. The highest BCUT2D eigenvalue weighted by Gasteiger charge is 2.54. The molecule has 218 valence electrons. The number of aliphatic hydroxyl groups excluding tert-OH is 2. The normalized spacial score (nSPS) is 29.1. The van der Waals surface area contributed by atoms with Gasteiger partial charge in [-0.3, -0.25) is 19.2 Å². The molecule has 11 nitrogen and oxygen atoms in total. The molecule has 3 heterocycles. The number of benzene rings is 1. The van der Waals surface area contributed by atoms with Crippen molar-refractivity contribution in [1.29, 1.82) is 0 Å². The summed E-state index contributed by atoms with van der Waals surface area (Å²) in [6.45, 7) is 6.73. The smallest absolute Gasteiger partial charge is 0.233 e. The molecule has 2 aliphatic heterocycles. The number of aliphatic hydroxyl groups is 3. The highest BCUT2D eigenvalue weighted by atomic mass is 16.5. The predicted octanol–water partition coefficient (Wildman–Crippen LogP) is 0.549. The molecule has 5 aliphatic rings. The monoisotopic (exact) mass is 576 g/mol. The topological polar surface area (TPSA) is 170 Å². The maximum Gasteiger partial charge on any atom is 0.233 e. The van der Waals surface area contributed by atoms with E-state index in [1.54, 1.807) is 27.7 Å². The summed E-state index contributed by atoms with van der Waals surface area (Å²) in [5.41, 5.74) is -5.55. The van der Waals surface area contributed by atoms with E-state index in [-0.39, 0.29) is 74.5 Å². The molecule has 11 heteroatoms. The SMILES string of the molecule is COc1c2c(cc3oc4c(=O)c5c(=O)c6c(c(=O)c=5c(=O)c4c13)[C@@H](C)O[C@@H](C)C6)=C(O)[C@]1(O)[C@@H](C)O[C@@H](C)C[C@H]1C=2O. The van der Waals surface area contributed by atoms with Gasteiger partial charge in [0, 0.05) is 22.8 Å². The van der Waals surface area contributed by atoms with Crippen LogP contribution in [0.15, 0.2) is 29.7 Å². The highest BCUT2D eigenvalue weighted by Crippen LogP contribution is 2.44. The van der Waals surface area contributed by atoms with E-state index in [0.717, 1.165) is 0 Å². The van der Waals surface area contributed by atoms with Crippen LogP contribution in [0.1, 0.15) is 51.3 Å². The standard InChI is InChI=1S/C31H28O11/c1-9-6-13-17(11(3)40-9)25(34)21-20(23(13)32)27(36)29-22(26(21)35)19-16(42-29)8-14-18(28(19)39-5)24(33)15-7-10(2)41-12(4)31(15,38)30(14)37/h8-12,15,33,37-38H,6-7H2,1-5H3/t9-,10-,11+,12+,15-,31-/m0/s1. The first kappa shape index (κ1) is 26.8. The summed E-state index contributed by atoms with van der Waals surface area (Å²) >= 11 is 0. The van der Waals surface area contributed by atoms with Crippen LogP contribution in [0.2, 0.25) is 0 Å². The van der Waals surface area contributed by atoms with E-state index in [1.165, 1.54) is 13.2 Å². The summed E-state index contributed by atoms with van der Waals surface area (Å²) in [5, 5.41) is 33.2. The fourth-order valence-electron chi connectivity index (χ4n) is 7.45. The fraction of sp³-hybridized carbons (Fsp3) is 0.419. The Hall–Kier alpha value is -4.06. The summed E-state index contributed by atoms with van der Waals surface area (Å²) in [4.78, 5) is 55.2. The number of hydrogen-bond acceptors (Lipinski definition) is 11. The minimum Gasteiger partial charge on any atom is -0.511 e. The van der Waals surface area contributed by atoms with Gasteiger partial charge in [-0.1, -0.05) is 0 Å². The first-order chi connectivity index (χ1) is 19.8. The van der Waals surface area contributed by atoms with Crippen LogP contribution in [0.4, 0.5) is 0 Å². The number of methoxy groups -OCH3 is 1. The van der Waals surface area contributed by atoms with Crippen molar-refractivity contribution in [3.05, 3.63) is 79.0 Å². The van der Waals surface area contributed by atoms with Crippen LogP contribution in [0.5, 0.6) is 5.75 Å². The highest BCUT2D eigenvalue weighted by molar-refractivity contribution is 6.08. The lowest BCUT2D eigenvalue weighted by molar-refractivity contribution is -0.166. The lowest BCUT2D eigenvalue weighted by Crippen LogP contribution is -2.61. The maximum atomic E-state index is 14.1. The molecule has 6 atom stereocenters. The van der Waals surface area contributed by atoms with Gasteiger partial charge in [0.1, 0.15) is 22.9 Å². The summed E-state index contributed by atoms with van der Waals surface area (Å²) in [5.74, 6) is -1.85. The van der Waals surface area contributed by atoms with Gasteiger partial charge in [-0.25, -0.2) is 0 Å². The molecule has 3 aliphatic carbocycles. The van der Waals surface area contributed by atoms with Crippen LogP contribution in [-0.4, -0.2) is 46.3 Å². The third-order valence-corrected chi connectivity index (χ3v) is 9.28. The number of hydrogen-bond donors (Lipinski definition) is 3. The zero-order valence-electron chi connectivity index (χ0n) is 23.5. The zero-order chi connectivity index (χ0) is 30.2. The van der Waals surface area contributed by atoms with Crippen molar-refractivity contribution in [2.24, 2.45) is 5.92 Å². The minimum atomic E-state index is -1.97. The van der Waals surface area contributed by atoms with Crippen molar-refractivity contribution in [3.8, 4) is 5.75 Å². The quantitative estimate of drug-likeness (QED) is 0.289. The molecule has 1 aromatic heterocycles. The van der Waals surface area contributed by atoms with E-state index in [4.69, 9.17) is 18.6 Å². The van der Waals surface area contributed by atoms with Gasteiger partial charge in [0.25, 0.3) is 0 Å². The Bertz CT molecular complexity index is 2290. The van der Waals surface area contributed by atoms with Crippen LogP contribution in [-0.2, 0) is 15.9 Å². The van der Waals surface area contributed by atoms with Crippen LogP contribution in [0.25, 0.3) is 33.5 Å². The van der Waals surface area contributed by atoms with E-state index in [1.807, 2.05) is 0 Å². The Kier molecular flexibility index (Phi) is 5.42. The molecule has 0 spiro atoms. The fourth-order valence-corrected chi connectivity index (χ4v) is 7.45. The largest absolute Gasteiger partial charge is 0.511 e. The van der Waals surface area contributed by atoms with Gasteiger partial charge in [-0.15, -0.1) is 0 Å². The first-order valence-electron chi connectivity index (χ1n) is 13.8. The van der Waals surface area contributed by atoms with Gasteiger partial charge in [-0.05, 0) is 40.2 Å². The zero-order valence-corrected chi connectivity index (χ0v) is 23.5. The maximum absolute atomic E-state index is 14.1. The van der Waals surface area contributed by atoms with Crippen LogP contribution in [0.3, 0.4) is 0 Å². The molecule has 0 radical (unpaired) electrons. The molecule has 0 saturated carbocycles. The molecule has 1 fully saturated rings. The van der Waals surface area contributed by atoms with E-state index in [0.29, 0.717) is 0 Å². The van der Waals surface area contributed by atoms with Crippen LogP contribution >= 0.6 is 0 Å². The molecule has 1 aromatic carbocycles. The Morgan fingerprint density at radius 3 is 2.26 bits per heavy atom. The summed E-state index contributed by atoms with van der Waals surface area (Å²) < 4.78 is 23.1. The van der Waals surface area contributed by atoms with Gasteiger partial charge in [0.15, 0.2) is 22.0 Å². The predicted molar refractivity (Wildman–Crippen MR) is 150 cm³/mol. The molecule has 2 aromatic rings. The molecule has 0 amide bonds. The van der Waals surface area contributed by atoms with Crippen molar-refractivity contribution in [2.75, 3.05) is 7.11 Å². The van der Waals surface area contributed by atoms with Crippen molar-refractivity contribution in [2.45, 2.75) is 70.6 Å². The molecule has 0 bridgehead atoms. The third kappa shape index (κ3) is 3.05. The number of ether oxygens (including phenoxy) is 3. The van der Waals surface area contributed by atoms with Gasteiger partial charge in [0.2, 0.25) is 10.9 Å². The van der Waals surface area contributed by atoms with E-state index >= 15 is 0 Å². The molecular weight excluding hydrogens is 548 g/mol. The lowest BCUT2D eigenvalue weighted by atomic mass is 9.71. The summed E-state index contributed by atoms with van der Waals surface area (Å²) in [6, 6.07) is 1.29. The Morgan fingerprint density at radius 1 is 0.881 bits per heavy atom. The van der Waals surface area contributed by atoms with E-state index < -0.39 is 67.2 Å². The summed E-state index contributed by atoms with van der Waals surface area (Å²) in [6.07, 6.45) is -2.09.